The van der Waals surface area contributed by atoms with E-state index in [-0.39, 0.29) is 23.6 Å². The van der Waals surface area contributed by atoms with E-state index in [1.54, 1.807) is 35.3 Å². The Balaban J connectivity index is 1.61. The quantitative estimate of drug-likeness (QED) is 0.585. The predicted octanol–water partition coefficient (Wildman–Crippen LogP) is 4.31. The number of piperidine rings is 1. The standard InChI is InChI=1S/C22H23FN2O3S/c1-2-28-22(27)17-4-3-10-24(14-17)20(26)19-12-16-9-11-29-21(16)25(19)13-15-5-7-18(23)8-6-15/h5-9,11-12,17H,2-4,10,13-14H2,1H3/t17-/m0/s1. The number of hydrogen-bond donors (Lipinski definition) is 0. The van der Waals surface area contributed by atoms with Crippen LogP contribution in [0.4, 0.5) is 4.39 Å². The van der Waals surface area contributed by atoms with Gasteiger partial charge in [-0.2, -0.15) is 0 Å². The molecule has 3 aromatic rings. The normalized spacial score (nSPS) is 16.9. The van der Waals surface area contributed by atoms with Gasteiger partial charge in [-0.3, -0.25) is 9.59 Å². The molecule has 1 atom stereocenters. The van der Waals surface area contributed by atoms with Gasteiger partial charge in [0.1, 0.15) is 16.3 Å². The Morgan fingerprint density at radius 1 is 1.24 bits per heavy atom. The van der Waals surface area contributed by atoms with Crippen molar-refractivity contribution in [1.29, 1.82) is 0 Å². The molecule has 152 valence electrons. The maximum absolute atomic E-state index is 13.4. The van der Waals surface area contributed by atoms with E-state index >= 15 is 0 Å². The molecule has 4 rings (SSSR count). The molecule has 1 aliphatic heterocycles. The Morgan fingerprint density at radius 2 is 2.03 bits per heavy atom. The van der Waals surface area contributed by atoms with Crippen molar-refractivity contribution < 1.29 is 18.7 Å². The Kier molecular flexibility index (Phi) is 5.67. The van der Waals surface area contributed by atoms with Crippen molar-refractivity contribution in [2.45, 2.75) is 26.3 Å². The fourth-order valence-corrected chi connectivity index (χ4v) is 4.75. The first-order valence-electron chi connectivity index (χ1n) is 9.84. The first-order valence-corrected chi connectivity index (χ1v) is 10.7. The highest BCUT2D eigenvalue weighted by molar-refractivity contribution is 7.16. The smallest absolute Gasteiger partial charge is 0.310 e. The third-order valence-electron chi connectivity index (χ3n) is 5.30. The van der Waals surface area contributed by atoms with Crippen LogP contribution in [0.5, 0.6) is 0 Å². The highest BCUT2D eigenvalue weighted by Gasteiger charge is 2.31. The number of fused-ring (bicyclic) bond motifs is 1. The summed E-state index contributed by atoms with van der Waals surface area (Å²) in [4.78, 5) is 28.3. The molecule has 1 aliphatic rings. The molecule has 1 amide bonds. The van der Waals surface area contributed by atoms with E-state index in [4.69, 9.17) is 4.74 Å². The Bertz CT molecular complexity index is 1020. The Morgan fingerprint density at radius 3 is 2.79 bits per heavy atom. The monoisotopic (exact) mass is 414 g/mol. The molecule has 0 radical (unpaired) electrons. The summed E-state index contributed by atoms with van der Waals surface area (Å²) in [6.07, 6.45) is 1.52. The zero-order valence-electron chi connectivity index (χ0n) is 16.3. The van der Waals surface area contributed by atoms with Gasteiger partial charge < -0.3 is 14.2 Å². The van der Waals surface area contributed by atoms with Crippen molar-refractivity contribution in [2.24, 2.45) is 5.92 Å². The molecule has 1 aromatic carbocycles. The lowest BCUT2D eigenvalue weighted by atomic mass is 9.98. The minimum Gasteiger partial charge on any atom is -0.466 e. The maximum Gasteiger partial charge on any atom is 0.310 e. The lowest BCUT2D eigenvalue weighted by molar-refractivity contribution is -0.149. The van der Waals surface area contributed by atoms with E-state index < -0.39 is 0 Å². The number of thiophene rings is 1. The Hall–Kier alpha value is -2.67. The van der Waals surface area contributed by atoms with Gasteiger partial charge in [0.05, 0.1) is 12.5 Å². The first kappa shape index (κ1) is 19.6. The van der Waals surface area contributed by atoms with Crippen LogP contribution >= 0.6 is 11.3 Å². The summed E-state index contributed by atoms with van der Waals surface area (Å²) in [5.41, 5.74) is 1.52. The number of esters is 1. The lowest BCUT2D eigenvalue weighted by Gasteiger charge is -2.31. The minimum atomic E-state index is -0.280. The average Bonchev–Trinajstić information content (AvgIpc) is 3.32. The fraction of sp³-hybridized carbons (Fsp3) is 0.364. The van der Waals surface area contributed by atoms with E-state index in [9.17, 15) is 14.0 Å². The van der Waals surface area contributed by atoms with Crippen LogP contribution in [0, 0.1) is 11.7 Å². The van der Waals surface area contributed by atoms with Gasteiger partial charge in [-0.15, -0.1) is 11.3 Å². The maximum atomic E-state index is 13.4. The number of amides is 1. The van der Waals surface area contributed by atoms with Crippen LogP contribution in [0.3, 0.4) is 0 Å². The van der Waals surface area contributed by atoms with Gasteiger partial charge in [0.2, 0.25) is 0 Å². The zero-order valence-corrected chi connectivity index (χ0v) is 17.1. The molecule has 0 unspecified atom stereocenters. The van der Waals surface area contributed by atoms with Crippen LogP contribution in [0.2, 0.25) is 0 Å². The molecule has 1 fully saturated rings. The third kappa shape index (κ3) is 4.05. The Labute approximate surface area is 172 Å². The van der Waals surface area contributed by atoms with Gasteiger partial charge in [-0.05, 0) is 55.0 Å². The largest absolute Gasteiger partial charge is 0.466 e. The highest BCUT2D eigenvalue weighted by Crippen LogP contribution is 2.28. The summed E-state index contributed by atoms with van der Waals surface area (Å²) in [7, 11) is 0. The fourth-order valence-electron chi connectivity index (χ4n) is 3.86. The second-order valence-corrected chi connectivity index (χ2v) is 8.16. The van der Waals surface area contributed by atoms with Crippen LogP contribution in [0.15, 0.2) is 41.8 Å². The molecule has 0 bridgehead atoms. The molecule has 3 heterocycles. The zero-order chi connectivity index (χ0) is 20.4. The molecule has 0 aliphatic carbocycles. The molecule has 5 nitrogen and oxygen atoms in total. The van der Waals surface area contributed by atoms with Crippen LogP contribution in [0.25, 0.3) is 10.2 Å². The molecule has 7 heteroatoms. The average molecular weight is 415 g/mol. The van der Waals surface area contributed by atoms with Gasteiger partial charge in [0.25, 0.3) is 5.91 Å². The van der Waals surface area contributed by atoms with Crippen LogP contribution in [0.1, 0.15) is 35.8 Å². The highest BCUT2D eigenvalue weighted by atomic mass is 32.1. The number of carbonyl (C=O) groups excluding carboxylic acids is 2. The topological polar surface area (TPSA) is 51.5 Å². The summed E-state index contributed by atoms with van der Waals surface area (Å²) >= 11 is 1.58. The molecule has 0 N–H and O–H groups in total. The number of benzene rings is 1. The van der Waals surface area contributed by atoms with Gasteiger partial charge in [-0.1, -0.05) is 12.1 Å². The number of ether oxygens (including phenoxy) is 1. The lowest BCUT2D eigenvalue weighted by Crippen LogP contribution is -2.43. The number of hydrogen-bond acceptors (Lipinski definition) is 4. The summed E-state index contributed by atoms with van der Waals surface area (Å²) in [5, 5.41) is 3.01. The van der Waals surface area contributed by atoms with Gasteiger partial charge in [0, 0.05) is 25.0 Å². The number of halogens is 1. The van der Waals surface area contributed by atoms with Crippen molar-refractivity contribution in [1.82, 2.24) is 9.47 Å². The van der Waals surface area contributed by atoms with E-state index in [2.05, 4.69) is 0 Å². The molecule has 2 aromatic heterocycles. The SMILES string of the molecule is CCOC(=O)[C@H]1CCCN(C(=O)c2cc3ccsc3n2Cc2ccc(F)cc2)C1. The van der Waals surface area contributed by atoms with Crippen molar-refractivity contribution >= 4 is 33.4 Å². The van der Waals surface area contributed by atoms with Crippen LogP contribution in [-0.4, -0.2) is 41.0 Å². The number of carbonyl (C=O) groups is 2. The number of aromatic nitrogens is 1. The van der Waals surface area contributed by atoms with Crippen LogP contribution < -0.4 is 0 Å². The van der Waals surface area contributed by atoms with E-state index in [1.807, 2.05) is 22.1 Å². The second-order valence-electron chi connectivity index (χ2n) is 7.27. The molecule has 0 spiro atoms. The number of nitrogens with zero attached hydrogens (tertiary/aromatic N) is 2. The van der Waals surface area contributed by atoms with Crippen molar-refractivity contribution in [3.63, 3.8) is 0 Å². The van der Waals surface area contributed by atoms with Crippen LogP contribution in [-0.2, 0) is 16.1 Å². The van der Waals surface area contributed by atoms with Gasteiger partial charge in [0.15, 0.2) is 0 Å². The molecule has 0 saturated carbocycles. The van der Waals surface area contributed by atoms with E-state index in [1.165, 1.54) is 12.1 Å². The molecular formula is C22H23FN2O3S. The number of likely N-dealkylation sites (tertiary alicyclic amines) is 1. The van der Waals surface area contributed by atoms with E-state index in [0.717, 1.165) is 28.6 Å². The molecule has 1 saturated heterocycles. The first-order chi connectivity index (χ1) is 14.1. The van der Waals surface area contributed by atoms with Crippen molar-refractivity contribution in [3.8, 4) is 0 Å². The molecule has 29 heavy (non-hydrogen) atoms. The van der Waals surface area contributed by atoms with Crippen molar-refractivity contribution in [3.05, 3.63) is 58.9 Å². The summed E-state index contributed by atoms with van der Waals surface area (Å²) in [6, 6.07) is 10.2. The minimum absolute atomic E-state index is 0.0792. The number of rotatable bonds is 5. The van der Waals surface area contributed by atoms with Crippen molar-refractivity contribution in [2.75, 3.05) is 19.7 Å². The summed E-state index contributed by atoms with van der Waals surface area (Å²) in [5.74, 6) is -0.858. The second kappa shape index (κ2) is 8.37. The predicted molar refractivity (Wildman–Crippen MR) is 111 cm³/mol. The third-order valence-corrected chi connectivity index (χ3v) is 6.26. The van der Waals surface area contributed by atoms with Gasteiger partial charge >= 0.3 is 5.97 Å². The van der Waals surface area contributed by atoms with Gasteiger partial charge in [-0.25, -0.2) is 4.39 Å². The van der Waals surface area contributed by atoms with E-state index in [0.29, 0.717) is 31.9 Å². The summed E-state index contributed by atoms with van der Waals surface area (Å²) < 4.78 is 20.4. The molecular weight excluding hydrogens is 391 g/mol. The summed E-state index contributed by atoms with van der Waals surface area (Å²) in [6.45, 7) is 3.64.